The molecule has 5 heteroatoms. The molecule has 0 heterocycles. The summed E-state index contributed by atoms with van der Waals surface area (Å²) in [4.78, 5) is 12.4. The highest BCUT2D eigenvalue weighted by Crippen LogP contribution is 2.30. The molecular weight excluding hydrogens is 412 g/mol. The molecule has 0 aliphatic heterocycles. The molecule has 164 valence electrons. The molecule has 1 amide bonds. The number of nitrogens with zero attached hydrogens (tertiary/aromatic N) is 1. The Labute approximate surface area is 193 Å². The second-order valence-electron chi connectivity index (χ2n) is 7.32. The van der Waals surface area contributed by atoms with Gasteiger partial charge >= 0.3 is 0 Å². The van der Waals surface area contributed by atoms with Crippen molar-refractivity contribution < 1.29 is 14.3 Å². The zero-order chi connectivity index (χ0) is 22.9. The summed E-state index contributed by atoms with van der Waals surface area (Å²) in [6.45, 7) is 0.403. The molecule has 4 rings (SSSR count). The third-order valence-electron chi connectivity index (χ3n) is 5.06. The highest BCUT2D eigenvalue weighted by atomic mass is 16.5. The number of para-hydroxylation sites is 1. The molecular formula is C28H24N2O3. The standard InChI is InChI=1S/C28H24N2O3/c1-32-25-11-7-8-22(18-25)19-29-30-28(31)24-16-14-21(15-17-24)20-33-27-13-6-5-12-26(27)23-9-3-2-4-10-23/h2-19H,20H2,1H3,(H,30,31)/b29-19+. The highest BCUT2D eigenvalue weighted by Gasteiger charge is 2.07. The average molecular weight is 437 g/mol. The predicted octanol–water partition coefficient (Wildman–Crippen LogP) is 5.71. The van der Waals surface area contributed by atoms with Gasteiger partial charge in [-0.15, -0.1) is 0 Å². The number of carbonyl (C=O) groups is 1. The summed E-state index contributed by atoms with van der Waals surface area (Å²) in [5.74, 6) is 1.27. The lowest BCUT2D eigenvalue weighted by atomic mass is 10.0. The zero-order valence-electron chi connectivity index (χ0n) is 18.3. The second-order valence-corrected chi connectivity index (χ2v) is 7.32. The molecule has 5 nitrogen and oxygen atoms in total. The third-order valence-corrected chi connectivity index (χ3v) is 5.06. The summed E-state index contributed by atoms with van der Waals surface area (Å²) < 4.78 is 11.3. The van der Waals surface area contributed by atoms with Crippen molar-refractivity contribution in [3.8, 4) is 22.6 Å². The summed E-state index contributed by atoms with van der Waals surface area (Å²) in [5.41, 5.74) is 7.01. The van der Waals surface area contributed by atoms with Gasteiger partial charge < -0.3 is 9.47 Å². The molecule has 0 aliphatic rings. The normalized spacial score (nSPS) is 10.7. The van der Waals surface area contributed by atoms with E-state index in [4.69, 9.17) is 9.47 Å². The Hall–Kier alpha value is -4.38. The molecule has 0 aliphatic carbocycles. The van der Waals surface area contributed by atoms with Crippen molar-refractivity contribution in [2.75, 3.05) is 7.11 Å². The maximum Gasteiger partial charge on any atom is 0.271 e. The molecule has 4 aromatic carbocycles. The van der Waals surface area contributed by atoms with E-state index in [9.17, 15) is 4.79 Å². The Balaban J connectivity index is 1.35. The third kappa shape index (κ3) is 5.86. The van der Waals surface area contributed by atoms with E-state index in [0.29, 0.717) is 12.2 Å². The smallest absolute Gasteiger partial charge is 0.271 e. The Kier molecular flexibility index (Phi) is 7.13. The van der Waals surface area contributed by atoms with E-state index in [1.165, 1.54) is 0 Å². The summed E-state index contributed by atoms with van der Waals surface area (Å²) in [6, 6.07) is 32.8. The van der Waals surface area contributed by atoms with Gasteiger partial charge in [0.15, 0.2) is 0 Å². The largest absolute Gasteiger partial charge is 0.497 e. The van der Waals surface area contributed by atoms with Gasteiger partial charge in [0, 0.05) is 11.1 Å². The zero-order valence-corrected chi connectivity index (χ0v) is 18.3. The van der Waals surface area contributed by atoms with Crippen LogP contribution in [0.15, 0.2) is 108 Å². The van der Waals surface area contributed by atoms with Gasteiger partial charge in [-0.3, -0.25) is 4.79 Å². The summed E-state index contributed by atoms with van der Waals surface area (Å²) in [6.07, 6.45) is 1.58. The van der Waals surface area contributed by atoms with Gasteiger partial charge in [0.1, 0.15) is 18.1 Å². The SMILES string of the molecule is COc1cccc(/C=N/NC(=O)c2ccc(COc3ccccc3-c3ccccc3)cc2)c1. The summed E-state index contributed by atoms with van der Waals surface area (Å²) in [5, 5.41) is 4.03. The molecule has 0 fully saturated rings. The van der Waals surface area contributed by atoms with E-state index in [1.807, 2.05) is 78.9 Å². The van der Waals surface area contributed by atoms with Gasteiger partial charge in [0.25, 0.3) is 5.91 Å². The Morgan fingerprint density at radius 1 is 0.879 bits per heavy atom. The van der Waals surface area contributed by atoms with E-state index >= 15 is 0 Å². The molecule has 0 spiro atoms. The number of benzene rings is 4. The van der Waals surface area contributed by atoms with Gasteiger partial charge in [-0.25, -0.2) is 5.43 Å². The first-order chi connectivity index (χ1) is 16.2. The Morgan fingerprint density at radius 3 is 2.42 bits per heavy atom. The number of hydrazone groups is 1. The molecule has 0 atom stereocenters. The van der Waals surface area contributed by atoms with Crippen LogP contribution in [0.1, 0.15) is 21.5 Å². The fourth-order valence-corrected chi connectivity index (χ4v) is 3.31. The summed E-state index contributed by atoms with van der Waals surface area (Å²) in [7, 11) is 1.61. The van der Waals surface area contributed by atoms with Crippen molar-refractivity contribution >= 4 is 12.1 Å². The fraction of sp³-hybridized carbons (Fsp3) is 0.0714. The van der Waals surface area contributed by atoms with Crippen LogP contribution in [-0.2, 0) is 6.61 Å². The van der Waals surface area contributed by atoms with Gasteiger partial charge in [0.05, 0.1) is 13.3 Å². The van der Waals surface area contributed by atoms with Crippen LogP contribution in [0.3, 0.4) is 0 Å². The van der Waals surface area contributed by atoms with Crippen molar-refractivity contribution in [1.29, 1.82) is 0 Å². The van der Waals surface area contributed by atoms with Crippen LogP contribution in [0, 0.1) is 0 Å². The van der Waals surface area contributed by atoms with Gasteiger partial charge in [-0.1, -0.05) is 72.8 Å². The van der Waals surface area contributed by atoms with Crippen LogP contribution in [0.4, 0.5) is 0 Å². The first-order valence-electron chi connectivity index (χ1n) is 10.6. The molecule has 0 unspecified atom stereocenters. The van der Waals surface area contributed by atoms with E-state index < -0.39 is 0 Å². The van der Waals surface area contributed by atoms with Crippen molar-refractivity contribution in [2.24, 2.45) is 5.10 Å². The van der Waals surface area contributed by atoms with Crippen LogP contribution in [0.25, 0.3) is 11.1 Å². The number of nitrogens with one attached hydrogen (secondary N) is 1. The minimum Gasteiger partial charge on any atom is -0.497 e. The van der Waals surface area contributed by atoms with Gasteiger partial charge in [-0.2, -0.15) is 5.10 Å². The van der Waals surface area contributed by atoms with Crippen LogP contribution in [0.5, 0.6) is 11.5 Å². The maximum atomic E-state index is 12.4. The fourth-order valence-electron chi connectivity index (χ4n) is 3.31. The maximum absolute atomic E-state index is 12.4. The molecule has 33 heavy (non-hydrogen) atoms. The Bertz CT molecular complexity index is 1240. The van der Waals surface area contributed by atoms with Crippen LogP contribution in [0.2, 0.25) is 0 Å². The lowest BCUT2D eigenvalue weighted by molar-refractivity contribution is 0.0955. The molecule has 0 saturated carbocycles. The number of methoxy groups -OCH3 is 1. The highest BCUT2D eigenvalue weighted by molar-refractivity contribution is 5.94. The summed E-state index contributed by atoms with van der Waals surface area (Å²) >= 11 is 0. The van der Waals surface area contributed by atoms with Crippen molar-refractivity contribution in [2.45, 2.75) is 6.61 Å². The first kappa shape index (κ1) is 21.8. The minimum atomic E-state index is -0.281. The quantitative estimate of drug-likeness (QED) is 0.284. The van der Waals surface area contributed by atoms with Gasteiger partial charge in [0.2, 0.25) is 0 Å². The van der Waals surface area contributed by atoms with Crippen LogP contribution in [-0.4, -0.2) is 19.2 Å². The lowest BCUT2D eigenvalue weighted by Crippen LogP contribution is -2.17. The molecule has 4 aromatic rings. The van der Waals surface area contributed by atoms with Crippen LogP contribution >= 0.6 is 0 Å². The predicted molar refractivity (Wildman–Crippen MR) is 131 cm³/mol. The molecule has 0 aromatic heterocycles. The number of amides is 1. The average Bonchev–Trinajstić information content (AvgIpc) is 2.88. The molecule has 0 saturated heterocycles. The van der Waals surface area contributed by atoms with Crippen molar-refractivity contribution in [3.63, 3.8) is 0 Å². The number of ether oxygens (including phenoxy) is 2. The number of carbonyl (C=O) groups excluding carboxylic acids is 1. The lowest BCUT2D eigenvalue weighted by Gasteiger charge is -2.12. The van der Waals surface area contributed by atoms with Gasteiger partial charge in [-0.05, 0) is 47.0 Å². The second kappa shape index (κ2) is 10.8. The monoisotopic (exact) mass is 436 g/mol. The number of rotatable bonds is 8. The Morgan fingerprint density at radius 2 is 1.64 bits per heavy atom. The van der Waals surface area contributed by atoms with E-state index in [-0.39, 0.29) is 5.91 Å². The minimum absolute atomic E-state index is 0.281. The topological polar surface area (TPSA) is 59.9 Å². The number of hydrogen-bond donors (Lipinski definition) is 1. The van der Waals surface area contributed by atoms with Crippen molar-refractivity contribution in [3.05, 3.63) is 120 Å². The van der Waals surface area contributed by atoms with Crippen LogP contribution < -0.4 is 14.9 Å². The molecule has 0 radical (unpaired) electrons. The van der Waals surface area contributed by atoms with E-state index in [0.717, 1.165) is 33.8 Å². The first-order valence-corrected chi connectivity index (χ1v) is 10.6. The molecule has 0 bridgehead atoms. The number of hydrogen-bond acceptors (Lipinski definition) is 4. The molecule has 1 N–H and O–H groups in total. The van der Waals surface area contributed by atoms with E-state index in [2.05, 4.69) is 22.7 Å². The van der Waals surface area contributed by atoms with Crippen molar-refractivity contribution in [1.82, 2.24) is 5.43 Å². The van der Waals surface area contributed by atoms with E-state index in [1.54, 1.807) is 25.5 Å².